The van der Waals surface area contributed by atoms with E-state index in [1.807, 2.05) is 25.1 Å². The molecule has 0 amide bonds. The van der Waals surface area contributed by atoms with Crippen molar-refractivity contribution in [3.63, 3.8) is 0 Å². The third-order valence-electron chi connectivity index (χ3n) is 2.66. The molecule has 5 heteroatoms. The van der Waals surface area contributed by atoms with Gasteiger partial charge in [0.25, 0.3) is 0 Å². The first kappa shape index (κ1) is 12.4. The first-order valence-corrected chi connectivity index (χ1v) is 6.04. The second-order valence-electron chi connectivity index (χ2n) is 3.94. The van der Waals surface area contributed by atoms with Crippen LogP contribution in [0.5, 0.6) is 0 Å². The second kappa shape index (κ2) is 5.08. The van der Waals surface area contributed by atoms with Crippen LogP contribution in [0.15, 0.2) is 24.3 Å². The highest BCUT2D eigenvalue weighted by Gasteiger charge is 2.16. The number of nitrogens with two attached hydrogens (primary N) is 1. The van der Waals surface area contributed by atoms with Crippen molar-refractivity contribution in [1.82, 2.24) is 10.2 Å². The lowest BCUT2D eigenvalue weighted by molar-refractivity contribution is 0.779. The van der Waals surface area contributed by atoms with Gasteiger partial charge < -0.3 is 5.73 Å². The first-order valence-electron chi connectivity index (χ1n) is 5.28. The van der Waals surface area contributed by atoms with Crippen molar-refractivity contribution in [1.29, 1.82) is 0 Å². The SMILES string of the molecule is Cc1cc(C(CN)c2ccc(Cl)c(Cl)c2)n[nH]1. The molecule has 1 atom stereocenters. The van der Waals surface area contributed by atoms with E-state index in [0.717, 1.165) is 17.0 Å². The lowest BCUT2D eigenvalue weighted by atomic mass is 9.96. The molecule has 2 aromatic rings. The van der Waals surface area contributed by atoms with E-state index in [4.69, 9.17) is 28.9 Å². The fourth-order valence-electron chi connectivity index (χ4n) is 1.77. The molecule has 0 aliphatic carbocycles. The lowest BCUT2D eigenvalue weighted by Gasteiger charge is -2.13. The molecule has 1 unspecified atom stereocenters. The summed E-state index contributed by atoms with van der Waals surface area (Å²) in [7, 11) is 0. The molecule has 0 radical (unpaired) electrons. The summed E-state index contributed by atoms with van der Waals surface area (Å²) >= 11 is 11.9. The van der Waals surface area contributed by atoms with Crippen LogP contribution in [-0.2, 0) is 0 Å². The van der Waals surface area contributed by atoms with Crippen molar-refractivity contribution in [2.45, 2.75) is 12.8 Å². The third kappa shape index (κ3) is 2.63. The van der Waals surface area contributed by atoms with E-state index in [1.165, 1.54) is 0 Å². The first-order chi connectivity index (χ1) is 8.11. The smallest absolute Gasteiger partial charge is 0.0712 e. The average molecular weight is 270 g/mol. The van der Waals surface area contributed by atoms with Gasteiger partial charge in [-0.3, -0.25) is 5.10 Å². The number of nitrogens with zero attached hydrogens (tertiary/aromatic N) is 1. The summed E-state index contributed by atoms with van der Waals surface area (Å²) in [6, 6.07) is 7.53. The Kier molecular flexibility index (Phi) is 3.72. The summed E-state index contributed by atoms with van der Waals surface area (Å²) in [4.78, 5) is 0. The molecule has 0 saturated heterocycles. The Bertz CT molecular complexity index is 522. The standard InChI is InChI=1S/C12H13Cl2N3/c1-7-4-12(17-16-7)9(6-15)8-2-3-10(13)11(14)5-8/h2-5,9H,6,15H2,1H3,(H,16,17). The zero-order valence-electron chi connectivity index (χ0n) is 9.37. The molecule has 1 aromatic carbocycles. The maximum atomic E-state index is 6.01. The molecule has 1 heterocycles. The van der Waals surface area contributed by atoms with Crippen LogP contribution in [0.25, 0.3) is 0 Å². The number of rotatable bonds is 3. The zero-order valence-corrected chi connectivity index (χ0v) is 10.9. The van der Waals surface area contributed by atoms with E-state index in [9.17, 15) is 0 Å². The Morgan fingerprint density at radius 1 is 1.29 bits per heavy atom. The Balaban J connectivity index is 2.38. The van der Waals surface area contributed by atoms with Crippen molar-refractivity contribution < 1.29 is 0 Å². The molecule has 17 heavy (non-hydrogen) atoms. The minimum absolute atomic E-state index is 0.0368. The highest BCUT2D eigenvalue weighted by atomic mass is 35.5. The van der Waals surface area contributed by atoms with Crippen LogP contribution in [0.4, 0.5) is 0 Å². The van der Waals surface area contributed by atoms with Gasteiger partial charge in [0.2, 0.25) is 0 Å². The van der Waals surface area contributed by atoms with E-state index in [-0.39, 0.29) is 5.92 Å². The topological polar surface area (TPSA) is 54.7 Å². The molecular weight excluding hydrogens is 257 g/mol. The molecule has 1 aromatic heterocycles. The van der Waals surface area contributed by atoms with Gasteiger partial charge >= 0.3 is 0 Å². The Morgan fingerprint density at radius 2 is 2.06 bits per heavy atom. The molecule has 90 valence electrons. The van der Waals surface area contributed by atoms with E-state index in [2.05, 4.69) is 10.2 Å². The van der Waals surface area contributed by atoms with Crippen LogP contribution < -0.4 is 5.73 Å². The number of aromatic nitrogens is 2. The number of benzene rings is 1. The maximum absolute atomic E-state index is 6.01. The summed E-state index contributed by atoms with van der Waals surface area (Å²) < 4.78 is 0. The molecular formula is C12H13Cl2N3. The van der Waals surface area contributed by atoms with Crippen LogP contribution in [-0.4, -0.2) is 16.7 Å². The van der Waals surface area contributed by atoms with E-state index in [1.54, 1.807) is 6.07 Å². The van der Waals surface area contributed by atoms with Crippen LogP contribution in [0.1, 0.15) is 22.9 Å². The fraction of sp³-hybridized carbons (Fsp3) is 0.250. The third-order valence-corrected chi connectivity index (χ3v) is 3.40. The molecule has 0 aliphatic heterocycles. The Labute approximate surface area is 110 Å². The summed E-state index contributed by atoms with van der Waals surface area (Å²) in [6.07, 6.45) is 0. The number of H-pyrrole nitrogens is 1. The van der Waals surface area contributed by atoms with Gasteiger partial charge in [0.15, 0.2) is 0 Å². The van der Waals surface area contributed by atoms with Gasteiger partial charge in [-0.1, -0.05) is 29.3 Å². The Morgan fingerprint density at radius 3 is 2.59 bits per heavy atom. The zero-order chi connectivity index (χ0) is 12.4. The molecule has 3 nitrogen and oxygen atoms in total. The summed E-state index contributed by atoms with van der Waals surface area (Å²) in [5, 5.41) is 8.23. The molecule has 0 aliphatic rings. The predicted molar refractivity (Wildman–Crippen MR) is 70.7 cm³/mol. The number of hydrogen-bond donors (Lipinski definition) is 2. The van der Waals surface area contributed by atoms with Gasteiger partial charge in [-0.25, -0.2) is 0 Å². The van der Waals surface area contributed by atoms with Crippen LogP contribution in [0.3, 0.4) is 0 Å². The van der Waals surface area contributed by atoms with Crippen molar-refractivity contribution in [2.24, 2.45) is 5.73 Å². The van der Waals surface area contributed by atoms with Gasteiger partial charge in [-0.15, -0.1) is 0 Å². The summed E-state index contributed by atoms with van der Waals surface area (Å²) in [5.41, 5.74) is 8.76. The number of aryl methyl sites for hydroxylation is 1. The predicted octanol–water partition coefficient (Wildman–Crippen LogP) is 3.12. The largest absolute Gasteiger partial charge is 0.329 e. The van der Waals surface area contributed by atoms with Crippen molar-refractivity contribution in [3.05, 3.63) is 51.3 Å². The molecule has 3 N–H and O–H groups in total. The monoisotopic (exact) mass is 269 g/mol. The van der Waals surface area contributed by atoms with Gasteiger partial charge in [-0.2, -0.15) is 5.10 Å². The number of halogens is 2. The van der Waals surface area contributed by atoms with Gasteiger partial charge in [0, 0.05) is 18.2 Å². The van der Waals surface area contributed by atoms with Crippen molar-refractivity contribution in [3.8, 4) is 0 Å². The quantitative estimate of drug-likeness (QED) is 0.900. The highest BCUT2D eigenvalue weighted by Crippen LogP contribution is 2.29. The molecule has 0 spiro atoms. The van der Waals surface area contributed by atoms with E-state index >= 15 is 0 Å². The molecule has 2 rings (SSSR count). The Hall–Kier alpha value is -1.03. The number of nitrogens with one attached hydrogen (secondary N) is 1. The van der Waals surface area contributed by atoms with Gasteiger partial charge in [0.05, 0.1) is 15.7 Å². The summed E-state index contributed by atoms with van der Waals surface area (Å²) in [6.45, 7) is 2.43. The highest BCUT2D eigenvalue weighted by molar-refractivity contribution is 6.42. The number of aromatic amines is 1. The van der Waals surface area contributed by atoms with Crippen LogP contribution in [0, 0.1) is 6.92 Å². The molecule has 0 saturated carbocycles. The van der Waals surface area contributed by atoms with Crippen LogP contribution >= 0.6 is 23.2 Å². The van der Waals surface area contributed by atoms with Gasteiger partial charge in [0.1, 0.15) is 0 Å². The second-order valence-corrected chi connectivity index (χ2v) is 4.75. The van der Waals surface area contributed by atoms with Crippen LogP contribution in [0.2, 0.25) is 10.0 Å². The normalized spacial score (nSPS) is 12.7. The minimum atomic E-state index is 0.0368. The van der Waals surface area contributed by atoms with Crippen molar-refractivity contribution >= 4 is 23.2 Å². The minimum Gasteiger partial charge on any atom is -0.329 e. The van der Waals surface area contributed by atoms with Gasteiger partial charge in [-0.05, 0) is 30.7 Å². The molecule has 0 bridgehead atoms. The lowest BCUT2D eigenvalue weighted by Crippen LogP contribution is -2.14. The maximum Gasteiger partial charge on any atom is 0.0712 e. The average Bonchev–Trinajstić information content (AvgIpc) is 2.71. The fourth-order valence-corrected chi connectivity index (χ4v) is 2.08. The number of hydrogen-bond acceptors (Lipinski definition) is 2. The molecule has 0 fully saturated rings. The van der Waals surface area contributed by atoms with E-state index < -0.39 is 0 Å². The summed E-state index contributed by atoms with van der Waals surface area (Å²) in [5.74, 6) is 0.0368. The van der Waals surface area contributed by atoms with E-state index in [0.29, 0.717) is 16.6 Å². The van der Waals surface area contributed by atoms with Crippen molar-refractivity contribution in [2.75, 3.05) is 6.54 Å².